The molecule has 1 rings (SSSR count). The molecule has 5 nitrogen and oxygen atoms in total. The van der Waals surface area contributed by atoms with Gasteiger partial charge in [-0.05, 0) is 0 Å². The van der Waals surface area contributed by atoms with Crippen molar-refractivity contribution < 1.29 is 23.9 Å². The molecule has 0 aromatic heterocycles. The van der Waals surface area contributed by atoms with Gasteiger partial charge in [0.05, 0.1) is 0 Å². The molecule has 0 aliphatic rings. The van der Waals surface area contributed by atoms with Crippen molar-refractivity contribution >= 4 is 33.7 Å². The summed E-state index contributed by atoms with van der Waals surface area (Å²) in [6.45, 7) is 2.22. The molecule has 0 radical (unpaired) electrons. The summed E-state index contributed by atoms with van der Waals surface area (Å²) in [5.41, 5.74) is 0.247. The zero-order valence-electron chi connectivity index (χ0n) is 9.81. The Kier molecular flexibility index (Phi) is 4.61. The fourth-order valence-electron chi connectivity index (χ4n) is 1.25. The predicted octanol–water partition coefficient (Wildman–Crippen LogP) is 2.04. The standard InChI is InChI=1S/C12H11BrO5/c1-8(14)17-12(13,18-9(2)15)11(16)10-6-4-3-5-7-10/h3-7H,1-2H3. The minimum Gasteiger partial charge on any atom is -0.406 e. The molecule has 0 aliphatic heterocycles. The van der Waals surface area contributed by atoms with Crippen LogP contribution in [0.2, 0.25) is 0 Å². The van der Waals surface area contributed by atoms with Crippen LogP contribution in [0.5, 0.6) is 0 Å². The van der Waals surface area contributed by atoms with E-state index in [0.29, 0.717) is 0 Å². The van der Waals surface area contributed by atoms with Crippen molar-refractivity contribution in [3.05, 3.63) is 35.9 Å². The fourth-order valence-corrected chi connectivity index (χ4v) is 1.93. The lowest BCUT2D eigenvalue weighted by Gasteiger charge is -2.24. The molecule has 0 spiro atoms. The molecule has 0 bridgehead atoms. The Balaban J connectivity index is 3.07. The molecule has 0 amide bonds. The molecule has 0 fully saturated rings. The largest absolute Gasteiger partial charge is 0.406 e. The molecule has 0 unspecified atom stereocenters. The Morgan fingerprint density at radius 1 is 1.00 bits per heavy atom. The van der Waals surface area contributed by atoms with Gasteiger partial charge in [0.25, 0.3) is 5.78 Å². The number of rotatable bonds is 4. The molecule has 0 heterocycles. The monoisotopic (exact) mass is 314 g/mol. The summed E-state index contributed by atoms with van der Waals surface area (Å²) in [5, 5.41) is 0. The van der Waals surface area contributed by atoms with Gasteiger partial charge in [-0.2, -0.15) is 0 Å². The summed E-state index contributed by atoms with van der Waals surface area (Å²) >= 11 is 2.85. The number of ether oxygens (including phenoxy) is 2. The first kappa shape index (κ1) is 14.4. The third kappa shape index (κ3) is 3.66. The van der Waals surface area contributed by atoms with Gasteiger partial charge in [0.15, 0.2) is 0 Å². The molecule has 0 saturated carbocycles. The van der Waals surface area contributed by atoms with Crippen LogP contribution in [0.4, 0.5) is 0 Å². The van der Waals surface area contributed by atoms with Crippen molar-refractivity contribution in [2.24, 2.45) is 0 Å². The van der Waals surface area contributed by atoms with Crippen molar-refractivity contribution in [3.8, 4) is 0 Å². The summed E-state index contributed by atoms with van der Waals surface area (Å²) in [5.74, 6) is -2.18. The number of carbonyl (C=O) groups excluding carboxylic acids is 3. The van der Waals surface area contributed by atoms with Crippen molar-refractivity contribution in [3.63, 3.8) is 0 Å². The van der Waals surface area contributed by atoms with Crippen molar-refractivity contribution in [1.82, 2.24) is 0 Å². The molecule has 1 aromatic rings. The number of halogens is 1. The van der Waals surface area contributed by atoms with Gasteiger partial charge in [0, 0.05) is 35.3 Å². The number of esters is 2. The maximum absolute atomic E-state index is 12.1. The van der Waals surface area contributed by atoms with Crippen molar-refractivity contribution in [1.29, 1.82) is 0 Å². The van der Waals surface area contributed by atoms with E-state index in [1.54, 1.807) is 18.2 Å². The SMILES string of the molecule is CC(=O)OC(Br)(OC(C)=O)C(=O)c1ccccc1. The summed E-state index contributed by atoms with van der Waals surface area (Å²) in [6.07, 6.45) is 0. The smallest absolute Gasteiger partial charge is 0.379 e. The normalized spacial score (nSPS) is 10.6. The van der Waals surface area contributed by atoms with Gasteiger partial charge >= 0.3 is 16.6 Å². The molecular formula is C12H11BrO5. The summed E-state index contributed by atoms with van der Waals surface area (Å²) in [4.78, 5) is 34.1. The van der Waals surface area contributed by atoms with E-state index in [1.165, 1.54) is 12.1 Å². The third-order valence-corrected chi connectivity index (χ3v) is 2.54. The Morgan fingerprint density at radius 2 is 1.44 bits per heavy atom. The fraction of sp³-hybridized carbons (Fsp3) is 0.250. The van der Waals surface area contributed by atoms with Crippen LogP contribution in [0.25, 0.3) is 0 Å². The first-order valence-corrected chi connectivity index (χ1v) is 5.82. The first-order chi connectivity index (χ1) is 8.35. The Labute approximate surface area is 112 Å². The Morgan fingerprint density at radius 3 is 1.83 bits per heavy atom. The average Bonchev–Trinajstić information content (AvgIpc) is 2.27. The van der Waals surface area contributed by atoms with Crippen molar-refractivity contribution in [2.75, 3.05) is 0 Å². The second-order valence-corrected chi connectivity index (χ2v) is 4.46. The number of carbonyl (C=O) groups is 3. The van der Waals surface area contributed by atoms with E-state index in [0.717, 1.165) is 13.8 Å². The molecule has 1 aromatic carbocycles. The molecule has 0 saturated heterocycles. The number of ketones is 1. The van der Waals surface area contributed by atoms with Gasteiger partial charge in [0.2, 0.25) is 0 Å². The van der Waals surface area contributed by atoms with Crippen LogP contribution in [0.15, 0.2) is 30.3 Å². The number of Topliss-reactive ketones (excluding diaryl/α,β-unsaturated/α-hetero) is 1. The molecule has 0 aliphatic carbocycles. The highest BCUT2D eigenvalue weighted by Crippen LogP contribution is 2.27. The van der Waals surface area contributed by atoms with Crippen LogP contribution in [0.1, 0.15) is 24.2 Å². The second kappa shape index (κ2) is 5.77. The number of benzene rings is 1. The molecule has 18 heavy (non-hydrogen) atoms. The minimum absolute atomic E-state index is 0.247. The van der Waals surface area contributed by atoms with Crippen LogP contribution in [-0.2, 0) is 19.1 Å². The van der Waals surface area contributed by atoms with Crippen LogP contribution >= 0.6 is 15.9 Å². The van der Waals surface area contributed by atoms with Crippen LogP contribution < -0.4 is 0 Å². The number of alkyl halides is 1. The summed E-state index contributed by atoms with van der Waals surface area (Å²) in [6, 6.07) is 8.05. The topological polar surface area (TPSA) is 69.7 Å². The Bertz CT molecular complexity index is 453. The highest BCUT2D eigenvalue weighted by atomic mass is 79.9. The van der Waals surface area contributed by atoms with Crippen LogP contribution in [0, 0.1) is 0 Å². The lowest BCUT2D eigenvalue weighted by atomic mass is 10.1. The van der Waals surface area contributed by atoms with E-state index < -0.39 is 22.4 Å². The zero-order chi connectivity index (χ0) is 13.8. The van der Waals surface area contributed by atoms with Gasteiger partial charge in [0.1, 0.15) is 0 Å². The molecule has 96 valence electrons. The van der Waals surface area contributed by atoms with Crippen LogP contribution in [0.3, 0.4) is 0 Å². The Hall–Kier alpha value is -1.69. The van der Waals surface area contributed by atoms with Gasteiger partial charge in [-0.1, -0.05) is 30.3 Å². The van der Waals surface area contributed by atoms with E-state index in [2.05, 4.69) is 15.9 Å². The van der Waals surface area contributed by atoms with E-state index in [-0.39, 0.29) is 5.56 Å². The maximum Gasteiger partial charge on any atom is 0.379 e. The van der Waals surface area contributed by atoms with E-state index in [9.17, 15) is 14.4 Å². The molecule has 6 heteroatoms. The third-order valence-electron chi connectivity index (χ3n) is 1.86. The number of hydrogen-bond donors (Lipinski definition) is 0. The zero-order valence-corrected chi connectivity index (χ0v) is 11.4. The minimum atomic E-state index is -2.12. The van der Waals surface area contributed by atoms with Crippen molar-refractivity contribution in [2.45, 2.75) is 18.5 Å². The molecule has 0 N–H and O–H groups in total. The maximum atomic E-state index is 12.1. The van der Waals surface area contributed by atoms with Gasteiger partial charge < -0.3 is 9.47 Å². The van der Waals surface area contributed by atoms with E-state index in [1.807, 2.05) is 0 Å². The van der Waals surface area contributed by atoms with E-state index >= 15 is 0 Å². The van der Waals surface area contributed by atoms with E-state index in [4.69, 9.17) is 9.47 Å². The first-order valence-electron chi connectivity index (χ1n) is 5.03. The molecular weight excluding hydrogens is 304 g/mol. The van der Waals surface area contributed by atoms with Crippen LogP contribution in [-0.4, -0.2) is 22.4 Å². The lowest BCUT2D eigenvalue weighted by molar-refractivity contribution is -0.182. The number of hydrogen-bond acceptors (Lipinski definition) is 5. The summed E-state index contributed by atoms with van der Waals surface area (Å²) < 4.78 is 7.38. The lowest BCUT2D eigenvalue weighted by Crippen LogP contribution is -2.41. The van der Waals surface area contributed by atoms with Gasteiger partial charge in [-0.15, -0.1) is 0 Å². The average molecular weight is 315 g/mol. The second-order valence-electron chi connectivity index (χ2n) is 3.42. The van der Waals surface area contributed by atoms with Gasteiger partial charge in [-0.25, -0.2) is 0 Å². The molecule has 0 atom stereocenters. The van der Waals surface area contributed by atoms with Gasteiger partial charge in [-0.3, -0.25) is 14.4 Å². The quantitative estimate of drug-likeness (QED) is 0.368. The highest BCUT2D eigenvalue weighted by molar-refractivity contribution is 9.10. The predicted molar refractivity (Wildman–Crippen MR) is 66.0 cm³/mol. The summed E-state index contributed by atoms with van der Waals surface area (Å²) in [7, 11) is 0. The highest BCUT2D eigenvalue weighted by Gasteiger charge is 2.43.